The molecule has 6 nitrogen and oxygen atoms in total. The van der Waals surface area contributed by atoms with Gasteiger partial charge in [0.15, 0.2) is 0 Å². The van der Waals surface area contributed by atoms with E-state index in [1.54, 1.807) is 11.3 Å². The molecule has 1 aliphatic heterocycles. The van der Waals surface area contributed by atoms with Crippen LogP contribution in [0, 0.1) is 6.92 Å². The number of thiazole rings is 1. The molecular weight excluding hydrogens is 334 g/mol. The number of aromatic nitrogens is 3. The number of benzene rings is 1. The van der Waals surface area contributed by atoms with E-state index in [0.29, 0.717) is 0 Å². The van der Waals surface area contributed by atoms with Crippen LogP contribution in [0.3, 0.4) is 0 Å². The highest BCUT2D eigenvalue weighted by Gasteiger charge is 2.22. The molecular formula is C18H21N5OS. The maximum absolute atomic E-state index is 12.7. The van der Waals surface area contributed by atoms with E-state index in [9.17, 15) is 4.79 Å². The first kappa shape index (κ1) is 16.2. The highest BCUT2D eigenvalue weighted by molar-refractivity contribution is 7.16. The third-order valence-corrected chi connectivity index (χ3v) is 5.61. The highest BCUT2D eigenvalue weighted by Crippen LogP contribution is 2.20. The van der Waals surface area contributed by atoms with Crippen molar-refractivity contribution in [3.05, 3.63) is 47.5 Å². The van der Waals surface area contributed by atoms with Crippen LogP contribution in [-0.4, -0.2) is 63.0 Å². The number of carbonyl (C=O) groups excluding carboxylic acids is 1. The number of carbonyl (C=O) groups is 1. The molecule has 0 radical (unpaired) electrons. The second-order valence-electron chi connectivity index (χ2n) is 6.34. The Labute approximate surface area is 150 Å². The van der Waals surface area contributed by atoms with E-state index in [0.717, 1.165) is 60.9 Å². The van der Waals surface area contributed by atoms with Crippen LogP contribution >= 0.6 is 11.3 Å². The maximum Gasteiger partial charge on any atom is 0.253 e. The molecule has 1 amide bonds. The molecule has 1 aliphatic rings. The summed E-state index contributed by atoms with van der Waals surface area (Å²) < 4.78 is 3.24. The Morgan fingerprint density at radius 2 is 2.00 bits per heavy atom. The standard InChI is InChI=1S/C18H21N5OS/c1-14-19-4-5-22(14)9-6-21-7-10-23(11-8-21)18(24)15-2-3-16-17(12-15)25-13-20-16/h2-5,12-13H,6-11H2,1H3. The van der Waals surface area contributed by atoms with E-state index in [1.807, 2.05) is 47.9 Å². The Hall–Kier alpha value is -2.25. The fourth-order valence-corrected chi connectivity index (χ4v) is 3.95. The van der Waals surface area contributed by atoms with Crippen molar-refractivity contribution in [3.63, 3.8) is 0 Å². The minimum Gasteiger partial charge on any atom is -0.336 e. The molecule has 0 aliphatic carbocycles. The summed E-state index contributed by atoms with van der Waals surface area (Å²) in [4.78, 5) is 25.6. The van der Waals surface area contributed by atoms with E-state index in [2.05, 4.69) is 19.4 Å². The average molecular weight is 355 g/mol. The van der Waals surface area contributed by atoms with E-state index < -0.39 is 0 Å². The molecule has 0 atom stereocenters. The predicted octanol–water partition coefficient (Wildman–Crippen LogP) is 2.26. The van der Waals surface area contributed by atoms with Crippen molar-refractivity contribution in [2.24, 2.45) is 0 Å². The van der Waals surface area contributed by atoms with E-state index in [1.165, 1.54) is 0 Å². The van der Waals surface area contributed by atoms with Gasteiger partial charge in [-0.25, -0.2) is 9.97 Å². The molecule has 2 aromatic heterocycles. The summed E-state index contributed by atoms with van der Waals surface area (Å²) in [5.41, 5.74) is 3.54. The van der Waals surface area contributed by atoms with Crippen molar-refractivity contribution < 1.29 is 4.79 Å². The third kappa shape index (κ3) is 3.43. The molecule has 0 unspecified atom stereocenters. The SMILES string of the molecule is Cc1nccn1CCN1CCN(C(=O)c2ccc3ncsc3c2)CC1. The van der Waals surface area contributed by atoms with Gasteiger partial charge in [0.25, 0.3) is 5.91 Å². The predicted molar refractivity (Wildman–Crippen MR) is 98.9 cm³/mol. The van der Waals surface area contributed by atoms with Crippen LogP contribution in [0.2, 0.25) is 0 Å². The maximum atomic E-state index is 12.7. The Morgan fingerprint density at radius 3 is 2.76 bits per heavy atom. The molecule has 1 fully saturated rings. The van der Waals surface area contributed by atoms with Gasteiger partial charge in [0.1, 0.15) is 5.82 Å². The quantitative estimate of drug-likeness (QED) is 0.720. The van der Waals surface area contributed by atoms with Gasteiger partial charge >= 0.3 is 0 Å². The summed E-state index contributed by atoms with van der Waals surface area (Å²) in [5.74, 6) is 1.17. The van der Waals surface area contributed by atoms with Crippen LogP contribution in [0.1, 0.15) is 16.2 Å². The molecule has 0 N–H and O–H groups in total. The second-order valence-corrected chi connectivity index (χ2v) is 7.22. The minimum atomic E-state index is 0.125. The lowest BCUT2D eigenvalue weighted by atomic mass is 10.1. The number of nitrogens with zero attached hydrogens (tertiary/aromatic N) is 5. The number of amides is 1. The Morgan fingerprint density at radius 1 is 1.16 bits per heavy atom. The Balaban J connectivity index is 1.33. The van der Waals surface area contributed by atoms with Gasteiger partial charge in [-0.1, -0.05) is 0 Å². The average Bonchev–Trinajstić information content (AvgIpc) is 3.27. The molecule has 0 saturated carbocycles. The summed E-state index contributed by atoms with van der Waals surface area (Å²) in [6.45, 7) is 7.36. The minimum absolute atomic E-state index is 0.125. The first-order valence-electron chi connectivity index (χ1n) is 8.53. The van der Waals surface area contributed by atoms with Gasteiger partial charge < -0.3 is 9.47 Å². The van der Waals surface area contributed by atoms with Crippen molar-refractivity contribution in [2.75, 3.05) is 32.7 Å². The monoisotopic (exact) mass is 355 g/mol. The lowest BCUT2D eigenvalue weighted by Crippen LogP contribution is -2.49. The van der Waals surface area contributed by atoms with Gasteiger partial charge in [0.05, 0.1) is 15.7 Å². The number of fused-ring (bicyclic) bond motifs is 1. The lowest BCUT2D eigenvalue weighted by molar-refractivity contribution is 0.0633. The zero-order valence-corrected chi connectivity index (χ0v) is 15.1. The van der Waals surface area contributed by atoms with Crippen LogP contribution in [-0.2, 0) is 6.54 Å². The number of piperazine rings is 1. The molecule has 0 spiro atoms. The molecule has 1 aromatic carbocycles. The summed E-state index contributed by atoms with van der Waals surface area (Å²) >= 11 is 1.57. The lowest BCUT2D eigenvalue weighted by Gasteiger charge is -2.34. The van der Waals surface area contributed by atoms with Crippen molar-refractivity contribution >= 4 is 27.5 Å². The third-order valence-electron chi connectivity index (χ3n) is 4.82. The van der Waals surface area contributed by atoms with Crippen molar-refractivity contribution in [1.82, 2.24) is 24.3 Å². The fraction of sp³-hybridized carbons (Fsp3) is 0.389. The van der Waals surface area contributed by atoms with Gasteiger partial charge in [-0.05, 0) is 25.1 Å². The van der Waals surface area contributed by atoms with Gasteiger partial charge in [-0.15, -0.1) is 11.3 Å². The Kier molecular flexibility index (Phi) is 4.50. The topological polar surface area (TPSA) is 54.3 Å². The molecule has 3 aromatic rings. The van der Waals surface area contributed by atoms with E-state index >= 15 is 0 Å². The van der Waals surface area contributed by atoms with Crippen LogP contribution in [0.15, 0.2) is 36.1 Å². The molecule has 4 rings (SSSR count). The summed E-state index contributed by atoms with van der Waals surface area (Å²) in [7, 11) is 0. The molecule has 1 saturated heterocycles. The number of rotatable bonds is 4. The summed E-state index contributed by atoms with van der Waals surface area (Å²) in [6.07, 6.45) is 3.86. The number of aryl methyl sites for hydroxylation is 1. The van der Waals surface area contributed by atoms with Gasteiger partial charge in [-0.3, -0.25) is 9.69 Å². The molecule has 25 heavy (non-hydrogen) atoms. The van der Waals surface area contributed by atoms with Crippen molar-refractivity contribution in [1.29, 1.82) is 0 Å². The first-order valence-corrected chi connectivity index (χ1v) is 9.41. The van der Waals surface area contributed by atoms with E-state index in [-0.39, 0.29) is 5.91 Å². The second kappa shape index (κ2) is 6.93. The number of imidazole rings is 1. The van der Waals surface area contributed by atoms with Gasteiger partial charge in [0.2, 0.25) is 0 Å². The van der Waals surface area contributed by atoms with Crippen molar-refractivity contribution in [3.8, 4) is 0 Å². The van der Waals surface area contributed by atoms with Gasteiger partial charge in [0, 0.05) is 57.2 Å². The van der Waals surface area contributed by atoms with Gasteiger partial charge in [-0.2, -0.15) is 0 Å². The normalized spacial score (nSPS) is 15.8. The molecule has 7 heteroatoms. The zero-order valence-electron chi connectivity index (χ0n) is 14.3. The summed E-state index contributed by atoms with van der Waals surface area (Å²) in [5, 5.41) is 0. The smallest absolute Gasteiger partial charge is 0.253 e. The molecule has 0 bridgehead atoms. The van der Waals surface area contributed by atoms with Crippen LogP contribution in [0.5, 0.6) is 0 Å². The highest BCUT2D eigenvalue weighted by atomic mass is 32.1. The molecule has 3 heterocycles. The fourth-order valence-electron chi connectivity index (χ4n) is 3.23. The molecule has 130 valence electrons. The number of hydrogen-bond acceptors (Lipinski definition) is 5. The van der Waals surface area contributed by atoms with Crippen LogP contribution in [0.4, 0.5) is 0 Å². The first-order chi connectivity index (χ1) is 12.2. The Bertz CT molecular complexity index is 878. The number of hydrogen-bond donors (Lipinski definition) is 0. The summed E-state index contributed by atoms with van der Waals surface area (Å²) in [6, 6.07) is 5.78. The zero-order chi connectivity index (χ0) is 17.2. The van der Waals surface area contributed by atoms with Crippen molar-refractivity contribution in [2.45, 2.75) is 13.5 Å². The van der Waals surface area contributed by atoms with Crippen LogP contribution in [0.25, 0.3) is 10.2 Å². The van der Waals surface area contributed by atoms with E-state index in [4.69, 9.17) is 0 Å². The largest absolute Gasteiger partial charge is 0.336 e. The van der Waals surface area contributed by atoms with Crippen LogP contribution < -0.4 is 0 Å².